The molecule has 0 amide bonds. The second-order valence-electron chi connectivity index (χ2n) is 3.47. The summed E-state index contributed by atoms with van der Waals surface area (Å²) in [6.45, 7) is 2.05. The van der Waals surface area contributed by atoms with Crippen molar-refractivity contribution in [2.24, 2.45) is 5.41 Å². The molecule has 2 nitrogen and oxygen atoms in total. The fourth-order valence-corrected chi connectivity index (χ4v) is 1.48. The van der Waals surface area contributed by atoms with Crippen molar-refractivity contribution >= 4 is 6.29 Å². The molecule has 1 aliphatic rings. The normalized spacial score (nSPS) is 29.8. The van der Waals surface area contributed by atoms with Crippen molar-refractivity contribution in [3.63, 3.8) is 0 Å². The van der Waals surface area contributed by atoms with Gasteiger partial charge in [0.2, 0.25) is 0 Å². The molecule has 0 aromatic carbocycles. The lowest BCUT2D eigenvalue weighted by Crippen LogP contribution is -2.19. The van der Waals surface area contributed by atoms with Crippen LogP contribution in [0.3, 0.4) is 0 Å². The van der Waals surface area contributed by atoms with Crippen LogP contribution in [0.2, 0.25) is 0 Å². The van der Waals surface area contributed by atoms with Crippen molar-refractivity contribution in [3.8, 4) is 6.07 Å². The molecule has 1 aliphatic carbocycles. The third-order valence-corrected chi connectivity index (χ3v) is 2.50. The largest absolute Gasteiger partial charge is 0.302 e. The minimum atomic E-state index is -0.700. The molecule has 0 spiro atoms. The van der Waals surface area contributed by atoms with Gasteiger partial charge >= 0.3 is 0 Å². The van der Waals surface area contributed by atoms with E-state index in [1.54, 1.807) is 0 Å². The Morgan fingerprint density at radius 1 is 1.67 bits per heavy atom. The molecule has 0 N–H and O–H groups in total. The minimum Gasteiger partial charge on any atom is -0.302 e. The van der Waals surface area contributed by atoms with Crippen molar-refractivity contribution in [2.75, 3.05) is 0 Å². The monoisotopic (exact) mass is 163 g/mol. The Labute approximate surface area is 72.9 Å². The number of rotatable bonds is 1. The van der Waals surface area contributed by atoms with Crippen molar-refractivity contribution in [3.05, 3.63) is 11.6 Å². The van der Waals surface area contributed by atoms with Gasteiger partial charge in [-0.3, -0.25) is 0 Å². The zero-order chi connectivity index (χ0) is 9.03. The lowest BCUT2D eigenvalue weighted by molar-refractivity contribution is -0.114. The summed E-state index contributed by atoms with van der Waals surface area (Å²) in [6.07, 6.45) is 6.06. The highest BCUT2D eigenvalue weighted by atomic mass is 16.1. The maximum absolute atomic E-state index is 10.7. The molecule has 64 valence electrons. The molecule has 0 aliphatic heterocycles. The highest BCUT2D eigenvalue weighted by Gasteiger charge is 2.29. The lowest BCUT2D eigenvalue weighted by atomic mass is 9.83. The Bertz CT molecular complexity index is 249. The van der Waals surface area contributed by atoms with Crippen molar-refractivity contribution in [1.82, 2.24) is 0 Å². The van der Waals surface area contributed by atoms with Gasteiger partial charge in [0.15, 0.2) is 0 Å². The van der Waals surface area contributed by atoms with Gasteiger partial charge in [0.1, 0.15) is 11.7 Å². The highest BCUT2D eigenvalue weighted by Crippen LogP contribution is 2.31. The summed E-state index contributed by atoms with van der Waals surface area (Å²) < 4.78 is 0. The number of nitriles is 1. The number of hydrogen-bond donors (Lipinski definition) is 0. The van der Waals surface area contributed by atoms with Gasteiger partial charge in [-0.1, -0.05) is 11.6 Å². The molecular weight excluding hydrogens is 150 g/mol. The zero-order valence-corrected chi connectivity index (χ0v) is 7.34. The van der Waals surface area contributed by atoms with E-state index in [9.17, 15) is 4.79 Å². The molecule has 0 fully saturated rings. The first-order valence-electron chi connectivity index (χ1n) is 4.26. The molecule has 0 bridgehead atoms. The Morgan fingerprint density at radius 2 is 2.42 bits per heavy atom. The van der Waals surface area contributed by atoms with E-state index in [2.05, 4.69) is 19.1 Å². The van der Waals surface area contributed by atoms with Gasteiger partial charge in [0.25, 0.3) is 0 Å². The number of carbonyl (C=O) groups excluding carboxylic acids is 1. The highest BCUT2D eigenvalue weighted by molar-refractivity contribution is 5.64. The van der Waals surface area contributed by atoms with Crippen molar-refractivity contribution < 1.29 is 4.79 Å². The maximum Gasteiger partial charge on any atom is 0.140 e. The van der Waals surface area contributed by atoms with Gasteiger partial charge in [0, 0.05) is 0 Å². The molecule has 1 unspecified atom stereocenters. The predicted molar refractivity (Wildman–Crippen MR) is 46.3 cm³/mol. The van der Waals surface area contributed by atoms with Crippen molar-refractivity contribution in [2.45, 2.75) is 32.6 Å². The topological polar surface area (TPSA) is 40.9 Å². The molecule has 0 radical (unpaired) electrons. The van der Waals surface area contributed by atoms with Crippen LogP contribution in [0.25, 0.3) is 0 Å². The summed E-state index contributed by atoms with van der Waals surface area (Å²) in [4.78, 5) is 10.7. The van der Waals surface area contributed by atoms with Gasteiger partial charge < -0.3 is 4.79 Å². The van der Waals surface area contributed by atoms with E-state index >= 15 is 0 Å². The molecule has 12 heavy (non-hydrogen) atoms. The van der Waals surface area contributed by atoms with Crippen molar-refractivity contribution in [1.29, 1.82) is 5.26 Å². The molecule has 0 heterocycles. The van der Waals surface area contributed by atoms with Gasteiger partial charge in [0.05, 0.1) is 6.07 Å². The first kappa shape index (κ1) is 8.99. The number of hydrogen-bond acceptors (Lipinski definition) is 2. The van der Waals surface area contributed by atoms with E-state index in [0.717, 1.165) is 19.1 Å². The molecule has 0 aromatic rings. The summed E-state index contributed by atoms with van der Waals surface area (Å²) >= 11 is 0. The summed E-state index contributed by atoms with van der Waals surface area (Å²) in [7, 11) is 0. The number of allylic oxidation sites excluding steroid dienone is 2. The second-order valence-corrected chi connectivity index (χ2v) is 3.47. The molecule has 1 atom stereocenters. The van der Waals surface area contributed by atoms with Crippen LogP contribution in [0.4, 0.5) is 0 Å². The van der Waals surface area contributed by atoms with E-state index < -0.39 is 5.41 Å². The van der Waals surface area contributed by atoms with E-state index in [4.69, 9.17) is 5.26 Å². The third-order valence-electron chi connectivity index (χ3n) is 2.50. The summed E-state index contributed by atoms with van der Waals surface area (Å²) in [6, 6.07) is 2.13. The number of aldehydes is 1. The van der Waals surface area contributed by atoms with Crippen LogP contribution in [-0.2, 0) is 4.79 Å². The average molecular weight is 163 g/mol. The Balaban J connectivity index is 2.74. The summed E-state index contributed by atoms with van der Waals surface area (Å²) in [5.74, 6) is 0. The van der Waals surface area contributed by atoms with Crippen LogP contribution >= 0.6 is 0 Å². The zero-order valence-electron chi connectivity index (χ0n) is 7.34. The Hall–Kier alpha value is -1.10. The van der Waals surface area contributed by atoms with Gasteiger partial charge in [-0.05, 0) is 32.6 Å². The van der Waals surface area contributed by atoms with E-state index in [-0.39, 0.29) is 0 Å². The molecular formula is C10H13NO. The van der Waals surface area contributed by atoms with Crippen LogP contribution in [0.1, 0.15) is 32.6 Å². The smallest absolute Gasteiger partial charge is 0.140 e. The number of carbonyl (C=O) groups is 1. The standard InChI is InChI=1S/C10H13NO/c1-9-3-2-5-10(7-11,8-12)6-4-9/h3,8H,2,4-6H2,1H3. The molecule has 2 heteroatoms. The third kappa shape index (κ3) is 1.73. The number of nitrogens with zero attached hydrogens (tertiary/aromatic N) is 1. The average Bonchev–Trinajstić information content (AvgIpc) is 2.28. The second kappa shape index (κ2) is 3.53. The van der Waals surface area contributed by atoms with Gasteiger partial charge in [-0.2, -0.15) is 5.26 Å². The van der Waals surface area contributed by atoms with E-state index in [0.29, 0.717) is 12.8 Å². The Kier molecular flexibility index (Phi) is 2.65. The molecule has 0 aromatic heterocycles. The fraction of sp³-hybridized carbons (Fsp3) is 0.600. The first-order valence-corrected chi connectivity index (χ1v) is 4.26. The summed E-state index contributed by atoms with van der Waals surface area (Å²) in [5.41, 5.74) is 0.600. The van der Waals surface area contributed by atoms with Crippen LogP contribution in [0.15, 0.2) is 11.6 Å². The minimum absolute atomic E-state index is 0.685. The summed E-state index contributed by atoms with van der Waals surface area (Å²) in [5, 5.41) is 8.85. The van der Waals surface area contributed by atoms with Crippen LogP contribution in [-0.4, -0.2) is 6.29 Å². The maximum atomic E-state index is 10.7. The molecule has 1 rings (SSSR count). The molecule has 0 saturated carbocycles. The lowest BCUT2D eigenvalue weighted by Gasteiger charge is -2.15. The van der Waals surface area contributed by atoms with E-state index in [1.807, 2.05) is 0 Å². The molecule has 0 saturated heterocycles. The predicted octanol–water partition coefficient (Wildman–Crippen LogP) is 2.22. The SMILES string of the molecule is CC1=CCCC(C#N)(C=O)CC1. The van der Waals surface area contributed by atoms with Gasteiger partial charge in [-0.25, -0.2) is 0 Å². The van der Waals surface area contributed by atoms with Crippen LogP contribution < -0.4 is 0 Å². The van der Waals surface area contributed by atoms with Crippen LogP contribution in [0.5, 0.6) is 0 Å². The quantitative estimate of drug-likeness (QED) is 0.439. The van der Waals surface area contributed by atoms with Crippen LogP contribution in [0, 0.1) is 16.7 Å². The van der Waals surface area contributed by atoms with Gasteiger partial charge in [-0.15, -0.1) is 0 Å². The Morgan fingerprint density at radius 3 is 3.00 bits per heavy atom. The fourth-order valence-electron chi connectivity index (χ4n) is 1.48. The van der Waals surface area contributed by atoms with E-state index in [1.165, 1.54) is 5.57 Å². The first-order chi connectivity index (χ1) is 5.72.